The van der Waals surface area contributed by atoms with Crippen molar-refractivity contribution in [1.29, 1.82) is 0 Å². The number of rotatable bonds is 9. The molecule has 0 aromatic heterocycles. The molecule has 5 nitrogen and oxygen atoms in total. The van der Waals surface area contributed by atoms with Crippen molar-refractivity contribution in [2.75, 3.05) is 25.0 Å². The number of carbonyl (C=O) groups is 2. The number of hydrogen-bond donors (Lipinski definition) is 1. The van der Waals surface area contributed by atoms with Crippen molar-refractivity contribution in [3.63, 3.8) is 0 Å². The summed E-state index contributed by atoms with van der Waals surface area (Å²) in [6, 6.07) is 11.3. The van der Waals surface area contributed by atoms with E-state index in [-0.39, 0.29) is 36.2 Å². The molecule has 208 valence electrons. The highest BCUT2D eigenvalue weighted by molar-refractivity contribution is 5.93. The fourth-order valence-corrected chi connectivity index (χ4v) is 4.84. The molecule has 2 atom stereocenters. The lowest BCUT2D eigenvalue weighted by Crippen LogP contribution is -2.50. The SMILES string of the molecule is C#CCCCC#CC(=O)NC1CC(C#C)CN(Cc2cc(C=O)c(CN(C)c3ccccc3)c(C(F)(F)F)c2)C1. The summed E-state index contributed by atoms with van der Waals surface area (Å²) in [5.74, 6) is 9.94. The van der Waals surface area contributed by atoms with Crippen LogP contribution in [0.5, 0.6) is 0 Å². The fourth-order valence-electron chi connectivity index (χ4n) is 4.84. The molecule has 1 aliphatic rings. The van der Waals surface area contributed by atoms with Crippen molar-refractivity contribution in [2.24, 2.45) is 5.92 Å². The van der Waals surface area contributed by atoms with E-state index in [2.05, 4.69) is 29.0 Å². The van der Waals surface area contributed by atoms with Crippen molar-refractivity contribution in [2.45, 2.75) is 51.0 Å². The number of piperidine rings is 1. The zero-order valence-electron chi connectivity index (χ0n) is 22.4. The average Bonchev–Trinajstić information content (AvgIpc) is 2.93. The average molecular weight is 548 g/mol. The summed E-state index contributed by atoms with van der Waals surface area (Å²) in [6.07, 6.45) is 9.06. The molecule has 1 amide bonds. The number of amides is 1. The van der Waals surface area contributed by atoms with Crippen LogP contribution in [0.2, 0.25) is 0 Å². The van der Waals surface area contributed by atoms with Crippen LogP contribution in [0.15, 0.2) is 42.5 Å². The highest BCUT2D eigenvalue weighted by Crippen LogP contribution is 2.36. The topological polar surface area (TPSA) is 52.7 Å². The molecule has 0 saturated carbocycles. The van der Waals surface area contributed by atoms with E-state index >= 15 is 0 Å². The zero-order valence-corrected chi connectivity index (χ0v) is 22.4. The molecular formula is C32H32F3N3O2. The first kappa shape index (κ1) is 30.4. The van der Waals surface area contributed by atoms with Gasteiger partial charge in [-0.3, -0.25) is 14.5 Å². The summed E-state index contributed by atoms with van der Waals surface area (Å²) in [5, 5.41) is 2.86. The number of nitrogens with one attached hydrogen (secondary N) is 1. The number of likely N-dealkylation sites (tertiary alicyclic amines) is 1. The Morgan fingerprint density at radius 3 is 2.58 bits per heavy atom. The Bertz CT molecular complexity index is 1330. The van der Waals surface area contributed by atoms with E-state index in [9.17, 15) is 22.8 Å². The highest BCUT2D eigenvalue weighted by Gasteiger charge is 2.36. The maximum absolute atomic E-state index is 14.2. The molecular weight excluding hydrogens is 515 g/mol. The van der Waals surface area contributed by atoms with E-state index in [0.29, 0.717) is 50.6 Å². The first-order valence-corrected chi connectivity index (χ1v) is 13.0. The van der Waals surface area contributed by atoms with Crippen molar-refractivity contribution in [3.05, 3.63) is 64.7 Å². The summed E-state index contributed by atoms with van der Waals surface area (Å²) >= 11 is 0. The van der Waals surface area contributed by atoms with Crippen LogP contribution >= 0.6 is 0 Å². The van der Waals surface area contributed by atoms with Crippen molar-refractivity contribution >= 4 is 17.9 Å². The smallest absolute Gasteiger partial charge is 0.370 e. The van der Waals surface area contributed by atoms with E-state index in [4.69, 9.17) is 12.8 Å². The van der Waals surface area contributed by atoms with Crippen LogP contribution in [0.1, 0.15) is 52.7 Å². The van der Waals surface area contributed by atoms with E-state index in [1.807, 2.05) is 11.0 Å². The number of para-hydroxylation sites is 1. The van der Waals surface area contributed by atoms with Crippen LogP contribution in [-0.4, -0.2) is 43.3 Å². The molecule has 40 heavy (non-hydrogen) atoms. The molecule has 3 rings (SSSR count). The number of terminal acetylenes is 2. The maximum atomic E-state index is 14.2. The number of hydrogen-bond acceptors (Lipinski definition) is 4. The van der Waals surface area contributed by atoms with E-state index in [1.165, 1.54) is 6.07 Å². The maximum Gasteiger partial charge on any atom is 0.416 e. The van der Waals surface area contributed by atoms with Gasteiger partial charge in [-0.25, -0.2) is 0 Å². The quantitative estimate of drug-likeness (QED) is 0.276. The fraction of sp³-hybridized carbons (Fsp3) is 0.375. The van der Waals surface area contributed by atoms with Gasteiger partial charge in [-0.2, -0.15) is 13.2 Å². The number of alkyl halides is 3. The second-order valence-electron chi connectivity index (χ2n) is 9.84. The minimum atomic E-state index is -4.65. The Hall–Kier alpha value is -4.19. The minimum Gasteiger partial charge on any atom is -0.370 e. The number of aldehydes is 1. The van der Waals surface area contributed by atoms with E-state index in [1.54, 1.807) is 36.2 Å². The van der Waals surface area contributed by atoms with Gasteiger partial charge >= 0.3 is 6.18 Å². The van der Waals surface area contributed by atoms with Gasteiger partial charge in [-0.15, -0.1) is 24.7 Å². The van der Waals surface area contributed by atoms with Crippen LogP contribution < -0.4 is 10.2 Å². The van der Waals surface area contributed by atoms with Crippen LogP contribution in [0.25, 0.3) is 0 Å². The molecule has 1 N–H and O–H groups in total. The molecule has 1 heterocycles. The predicted octanol–water partition coefficient (Wildman–Crippen LogP) is 4.90. The zero-order chi connectivity index (χ0) is 29.1. The Morgan fingerprint density at radius 1 is 1.18 bits per heavy atom. The molecule has 0 aliphatic carbocycles. The first-order valence-electron chi connectivity index (χ1n) is 13.0. The van der Waals surface area contributed by atoms with Crippen molar-refractivity contribution < 1.29 is 22.8 Å². The lowest BCUT2D eigenvalue weighted by atomic mass is 9.93. The Morgan fingerprint density at radius 2 is 1.93 bits per heavy atom. The molecule has 2 aromatic rings. The Labute approximate surface area is 234 Å². The molecule has 1 saturated heterocycles. The summed E-state index contributed by atoms with van der Waals surface area (Å²) in [5.41, 5.74) is 0.143. The molecule has 1 fully saturated rings. The third-order valence-corrected chi connectivity index (χ3v) is 6.70. The number of benzene rings is 2. The summed E-state index contributed by atoms with van der Waals surface area (Å²) in [7, 11) is 1.68. The third kappa shape index (κ3) is 8.67. The minimum absolute atomic E-state index is 0.0110. The standard InChI is InChI=1S/C32H32F3N3O2/c1-4-6-7-8-12-15-31(40)36-27-17-24(5-2)19-38(21-27)20-25-16-26(23-39)29(30(18-25)32(33,34)35)22-37(3)28-13-10-9-11-14-28/h1-2,9-11,13-14,16,18,23-24,27H,6-8,17,19-22H2,3H3,(H,36,40). The number of anilines is 1. The molecule has 0 spiro atoms. The highest BCUT2D eigenvalue weighted by atomic mass is 19.4. The Balaban J connectivity index is 1.80. The number of halogens is 3. The van der Waals surface area contributed by atoms with Gasteiger partial charge in [0.05, 0.1) is 5.56 Å². The van der Waals surface area contributed by atoms with Gasteiger partial charge in [0, 0.05) is 69.3 Å². The number of carbonyl (C=O) groups excluding carboxylic acids is 2. The number of nitrogens with zero attached hydrogens (tertiary/aromatic N) is 2. The van der Waals surface area contributed by atoms with Gasteiger partial charge in [0.15, 0.2) is 0 Å². The molecule has 8 heteroatoms. The molecule has 2 aromatic carbocycles. The second kappa shape index (κ2) is 14.3. The summed E-state index contributed by atoms with van der Waals surface area (Å²) < 4.78 is 42.7. The summed E-state index contributed by atoms with van der Waals surface area (Å²) in [4.78, 5) is 27.9. The monoisotopic (exact) mass is 547 g/mol. The van der Waals surface area contributed by atoms with Gasteiger partial charge in [-0.05, 0) is 54.2 Å². The van der Waals surface area contributed by atoms with Gasteiger partial charge in [0.25, 0.3) is 5.91 Å². The van der Waals surface area contributed by atoms with Crippen LogP contribution in [0.3, 0.4) is 0 Å². The summed E-state index contributed by atoms with van der Waals surface area (Å²) in [6.45, 7) is 0.894. The second-order valence-corrected chi connectivity index (χ2v) is 9.84. The lowest BCUT2D eigenvalue weighted by molar-refractivity contribution is -0.138. The third-order valence-electron chi connectivity index (χ3n) is 6.70. The Kier molecular flexibility index (Phi) is 10.8. The molecule has 0 bridgehead atoms. The van der Waals surface area contributed by atoms with Crippen LogP contribution in [0, 0.1) is 42.4 Å². The van der Waals surface area contributed by atoms with Gasteiger partial charge in [0.2, 0.25) is 0 Å². The number of unbranched alkanes of at least 4 members (excludes halogenated alkanes) is 2. The van der Waals surface area contributed by atoms with Gasteiger partial charge in [-0.1, -0.05) is 24.1 Å². The molecule has 1 aliphatic heterocycles. The van der Waals surface area contributed by atoms with E-state index < -0.39 is 17.6 Å². The van der Waals surface area contributed by atoms with Crippen LogP contribution in [0.4, 0.5) is 18.9 Å². The molecule has 0 radical (unpaired) electrons. The lowest BCUT2D eigenvalue weighted by Gasteiger charge is -2.36. The van der Waals surface area contributed by atoms with E-state index in [0.717, 1.165) is 11.8 Å². The van der Waals surface area contributed by atoms with Crippen molar-refractivity contribution in [1.82, 2.24) is 10.2 Å². The first-order chi connectivity index (χ1) is 19.1. The normalized spacial score (nSPS) is 17.1. The molecule has 2 unspecified atom stereocenters. The predicted molar refractivity (Wildman–Crippen MR) is 150 cm³/mol. The van der Waals surface area contributed by atoms with Gasteiger partial charge in [0.1, 0.15) is 6.29 Å². The van der Waals surface area contributed by atoms with Crippen molar-refractivity contribution in [3.8, 4) is 36.5 Å². The largest absolute Gasteiger partial charge is 0.416 e. The van der Waals surface area contributed by atoms with Crippen LogP contribution in [-0.2, 0) is 24.1 Å². The van der Waals surface area contributed by atoms with Gasteiger partial charge < -0.3 is 10.2 Å².